The zero-order valence-electron chi connectivity index (χ0n) is 14.5. The fraction of sp³-hybridized carbons (Fsp3) is 0.333. The minimum absolute atomic E-state index is 0.921. The van der Waals surface area contributed by atoms with Crippen LogP contribution in [0.1, 0.15) is 25.0 Å². The summed E-state index contributed by atoms with van der Waals surface area (Å²) in [6.45, 7) is 3.41. The molecule has 2 aromatic carbocycles. The number of aromatic amines is 1. The lowest BCUT2D eigenvalue weighted by Gasteiger charge is -2.25. The Morgan fingerprint density at radius 2 is 1.80 bits per heavy atom. The first-order valence-electron chi connectivity index (χ1n) is 8.92. The van der Waals surface area contributed by atoms with Crippen LogP contribution in [0.5, 0.6) is 5.75 Å². The first-order chi connectivity index (χ1) is 12.3. The van der Waals surface area contributed by atoms with Gasteiger partial charge in [0.1, 0.15) is 5.75 Å². The van der Waals surface area contributed by atoms with Crippen LogP contribution in [0.3, 0.4) is 0 Å². The molecule has 1 N–H and O–H groups in total. The summed E-state index contributed by atoms with van der Waals surface area (Å²) in [5.41, 5.74) is 3.47. The number of aromatic nitrogens is 1. The smallest absolute Gasteiger partial charge is 0.136 e. The minimum Gasteiger partial charge on any atom is -0.495 e. The van der Waals surface area contributed by atoms with Gasteiger partial charge in [0.25, 0.3) is 0 Å². The van der Waals surface area contributed by atoms with E-state index in [0.29, 0.717) is 0 Å². The van der Waals surface area contributed by atoms with Gasteiger partial charge in [0.05, 0.1) is 7.11 Å². The van der Waals surface area contributed by atoms with E-state index in [0.717, 1.165) is 33.4 Å². The summed E-state index contributed by atoms with van der Waals surface area (Å²) >= 11 is 3.72. The SMILES string of the molecule is COc1c(-c2ccc(CN3CCCCC3)[nH]2)cc(Br)c2ccccc12. The van der Waals surface area contributed by atoms with Gasteiger partial charge in [-0.1, -0.05) is 46.6 Å². The van der Waals surface area contributed by atoms with Crippen molar-refractivity contribution in [3.05, 3.63) is 52.6 Å². The monoisotopic (exact) mass is 398 g/mol. The van der Waals surface area contributed by atoms with Crippen LogP contribution in [-0.2, 0) is 6.54 Å². The van der Waals surface area contributed by atoms with E-state index >= 15 is 0 Å². The van der Waals surface area contributed by atoms with Gasteiger partial charge in [0.15, 0.2) is 0 Å². The van der Waals surface area contributed by atoms with Gasteiger partial charge >= 0.3 is 0 Å². The van der Waals surface area contributed by atoms with Crippen molar-refractivity contribution in [3.8, 4) is 17.0 Å². The highest BCUT2D eigenvalue weighted by Crippen LogP contribution is 2.40. The third-order valence-corrected chi connectivity index (χ3v) is 5.68. The molecule has 1 fully saturated rings. The van der Waals surface area contributed by atoms with Crippen molar-refractivity contribution in [2.75, 3.05) is 20.2 Å². The minimum atomic E-state index is 0.921. The van der Waals surface area contributed by atoms with Crippen LogP contribution in [0.15, 0.2) is 46.9 Å². The third kappa shape index (κ3) is 3.33. The van der Waals surface area contributed by atoms with E-state index in [4.69, 9.17) is 4.74 Å². The van der Waals surface area contributed by atoms with Crippen LogP contribution in [0, 0.1) is 0 Å². The molecule has 0 radical (unpaired) electrons. The van der Waals surface area contributed by atoms with Crippen LogP contribution in [0.2, 0.25) is 0 Å². The molecule has 0 spiro atoms. The van der Waals surface area contributed by atoms with E-state index in [2.05, 4.69) is 68.3 Å². The number of benzene rings is 2. The van der Waals surface area contributed by atoms with Crippen LogP contribution in [0.25, 0.3) is 22.0 Å². The molecule has 1 aliphatic rings. The Balaban J connectivity index is 1.70. The molecule has 0 atom stereocenters. The second-order valence-electron chi connectivity index (χ2n) is 6.72. The van der Waals surface area contributed by atoms with Crippen molar-refractivity contribution in [2.24, 2.45) is 0 Å². The number of ether oxygens (including phenoxy) is 1. The molecule has 2 heterocycles. The van der Waals surface area contributed by atoms with Crippen LogP contribution < -0.4 is 4.74 Å². The largest absolute Gasteiger partial charge is 0.495 e. The third-order valence-electron chi connectivity index (χ3n) is 5.03. The number of hydrogen-bond donors (Lipinski definition) is 1. The molecule has 0 aliphatic carbocycles. The Morgan fingerprint density at radius 3 is 2.56 bits per heavy atom. The van der Waals surface area contributed by atoms with Crippen molar-refractivity contribution in [1.29, 1.82) is 0 Å². The molecule has 130 valence electrons. The number of piperidine rings is 1. The Morgan fingerprint density at radius 1 is 1.04 bits per heavy atom. The van der Waals surface area contributed by atoms with Crippen LogP contribution >= 0.6 is 15.9 Å². The Kier molecular flexibility index (Phi) is 4.82. The van der Waals surface area contributed by atoms with Crippen molar-refractivity contribution >= 4 is 26.7 Å². The molecular formula is C21H23BrN2O. The average molecular weight is 399 g/mol. The quantitative estimate of drug-likeness (QED) is 0.619. The fourth-order valence-corrected chi connectivity index (χ4v) is 4.35. The van der Waals surface area contributed by atoms with E-state index < -0.39 is 0 Å². The lowest BCUT2D eigenvalue weighted by Crippen LogP contribution is -2.29. The van der Waals surface area contributed by atoms with Gasteiger partial charge in [0, 0.05) is 33.4 Å². The topological polar surface area (TPSA) is 28.3 Å². The maximum Gasteiger partial charge on any atom is 0.136 e. The zero-order chi connectivity index (χ0) is 17.2. The van der Waals surface area contributed by atoms with Gasteiger partial charge in [-0.3, -0.25) is 4.90 Å². The highest BCUT2D eigenvalue weighted by molar-refractivity contribution is 9.10. The number of nitrogens with one attached hydrogen (secondary N) is 1. The molecule has 0 saturated carbocycles. The normalized spacial score (nSPS) is 15.6. The summed E-state index contributed by atoms with van der Waals surface area (Å²) < 4.78 is 6.86. The Bertz CT molecular complexity index is 881. The number of likely N-dealkylation sites (tertiary alicyclic amines) is 1. The van der Waals surface area contributed by atoms with E-state index in [1.807, 2.05) is 0 Å². The molecule has 1 aromatic heterocycles. The Labute approximate surface area is 157 Å². The first kappa shape index (κ1) is 16.7. The molecular weight excluding hydrogens is 376 g/mol. The standard InChI is InChI=1S/C21H23BrN2O/c1-25-21-17-8-4-3-7-16(17)19(22)13-18(21)20-10-9-15(23-20)14-24-11-5-2-6-12-24/h3-4,7-10,13,23H,2,5-6,11-12,14H2,1H3. The van der Waals surface area contributed by atoms with Gasteiger partial charge < -0.3 is 9.72 Å². The predicted octanol–water partition coefficient (Wildman–Crippen LogP) is 5.59. The summed E-state index contributed by atoms with van der Waals surface area (Å²) in [5, 5.41) is 2.30. The molecule has 1 saturated heterocycles. The number of rotatable bonds is 4. The molecule has 3 nitrogen and oxygen atoms in total. The molecule has 0 unspecified atom stereocenters. The summed E-state index contributed by atoms with van der Waals surface area (Å²) in [5.74, 6) is 0.921. The van der Waals surface area contributed by atoms with E-state index in [-0.39, 0.29) is 0 Å². The molecule has 3 aromatic rings. The van der Waals surface area contributed by atoms with Crippen molar-refractivity contribution in [3.63, 3.8) is 0 Å². The average Bonchev–Trinajstić information content (AvgIpc) is 3.11. The number of nitrogens with zero attached hydrogens (tertiary/aromatic N) is 1. The molecule has 4 heteroatoms. The molecule has 4 rings (SSSR count). The van der Waals surface area contributed by atoms with E-state index in [1.54, 1.807) is 7.11 Å². The van der Waals surface area contributed by atoms with Crippen LogP contribution in [-0.4, -0.2) is 30.1 Å². The summed E-state index contributed by atoms with van der Waals surface area (Å²) in [6.07, 6.45) is 4.01. The second kappa shape index (κ2) is 7.22. The lowest BCUT2D eigenvalue weighted by molar-refractivity contribution is 0.219. The lowest BCUT2D eigenvalue weighted by atomic mass is 10.0. The first-order valence-corrected chi connectivity index (χ1v) is 9.71. The highest BCUT2D eigenvalue weighted by atomic mass is 79.9. The molecule has 0 amide bonds. The van der Waals surface area contributed by atoms with Crippen LogP contribution in [0.4, 0.5) is 0 Å². The second-order valence-corrected chi connectivity index (χ2v) is 7.57. The van der Waals surface area contributed by atoms with E-state index in [1.165, 1.54) is 43.4 Å². The molecule has 1 aliphatic heterocycles. The summed E-state index contributed by atoms with van der Waals surface area (Å²) in [4.78, 5) is 6.14. The van der Waals surface area contributed by atoms with Gasteiger partial charge in [0.2, 0.25) is 0 Å². The van der Waals surface area contributed by atoms with Gasteiger partial charge in [-0.25, -0.2) is 0 Å². The van der Waals surface area contributed by atoms with Gasteiger partial charge in [-0.15, -0.1) is 0 Å². The van der Waals surface area contributed by atoms with Crippen molar-refractivity contribution < 1.29 is 4.74 Å². The maximum absolute atomic E-state index is 5.78. The fourth-order valence-electron chi connectivity index (χ4n) is 3.77. The Hall–Kier alpha value is -1.78. The predicted molar refractivity (Wildman–Crippen MR) is 107 cm³/mol. The zero-order valence-corrected chi connectivity index (χ0v) is 16.1. The van der Waals surface area contributed by atoms with Crippen molar-refractivity contribution in [1.82, 2.24) is 9.88 Å². The number of hydrogen-bond acceptors (Lipinski definition) is 2. The summed E-state index contributed by atoms with van der Waals surface area (Å²) in [7, 11) is 1.75. The molecule has 25 heavy (non-hydrogen) atoms. The number of methoxy groups -OCH3 is 1. The summed E-state index contributed by atoms with van der Waals surface area (Å²) in [6, 6.07) is 14.8. The highest BCUT2D eigenvalue weighted by Gasteiger charge is 2.16. The van der Waals surface area contributed by atoms with E-state index in [9.17, 15) is 0 Å². The number of halogens is 1. The number of fused-ring (bicyclic) bond motifs is 1. The van der Waals surface area contributed by atoms with Gasteiger partial charge in [-0.2, -0.15) is 0 Å². The number of H-pyrrole nitrogens is 1. The maximum atomic E-state index is 5.78. The molecule has 0 bridgehead atoms. The van der Waals surface area contributed by atoms with Gasteiger partial charge in [-0.05, 0) is 49.5 Å². The van der Waals surface area contributed by atoms with Crippen molar-refractivity contribution in [2.45, 2.75) is 25.8 Å².